The summed E-state index contributed by atoms with van der Waals surface area (Å²) in [5, 5.41) is 12.8. The summed E-state index contributed by atoms with van der Waals surface area (Å²) in [6.07, 6.45) is 0.0188. The van der Waals surface area contributed by atoms with Gasteiger partial charge in [0.15, 0.2) is 0 Å². The number of anilines is 1. The van der Waals surface area contributed by atoms with E-state index in [1.54, 1.807) is 36.0 Å². The number of aliphatic hydroxyl groups excluding tert-OH is 1. The van der Waals surface area contributed by atoms with Gasteiger partial charge in [-0.2, -0.15) is 11.8 Å². The lowest BCUT2D eigenvalue weighted by atomic mass is 9.86. The number of benzene rings is 1. The van der Waals surface area contributed by atoms with E-state index in [2.05, 4.69) is 5.32 Å². The van der Waals surface area contributed by atoms with Crippen molar-refractivity contribution in [1.29, 1.82) is 0 Å². The van der Waals surface area contributed by atoms with E-state index in [1.165, 1.54) is 11.8 Å². The first-order valence-electron chi connectivity index (χ1n) is 8.51. The van der Waals surface area contributed by atoms with Crippen molar-refractivity contribution >= 4 is 35.2 Å². The molecule has 0 saturated carbocycles. The summed E-state index contributed by atoms with van der Waals surface area (Å²) in [5.74, 6) is 1.57. The highest BCUT2D eigenvalue weighted by Gasteiger charge is 2.53. The molecular weight excluding hydrogens is 356 g/mol. The van der Waals surface area contributed by atoms with Gasteiger partial charge in [-0.05, 0) is 36.4 Å². The average molecular weight is 378 g/mol. The predicted molar refractivity (Wildman–Crippen MR) is 98.0 cm³/mol. The summed E-state index contributed by atoms with van der Waals surface area (Å²) < 4.78 is 5.51. The van der Waals surface area contributed by atoms with Gasteiger partial charge in [-0.3, -0.25) is 19.3 Å². The third kappa shape index (κ3) is 4.02. The SMILES string of the molecule is CC(=O)Nc1ccc(OC[C@H](O)CN2C(=O)C[C@]3(CCSC3)C2=O)cc1. The summed E-state index contributed by atoms with van der Waals surface area (Å²) in [7, 11) is 0. The average Bonchev–Trinajstić information content (AvgIpc) is 3.15. The molecular formula is C18H22N2O5S. The molecule has 1 spiro atoms. The highest BCUT2D eigenvalue weighted by atomic mass is 32.2. The Morgan fingerprint density at radius 2 is 2.12 bits per heavy atom. The number of nitrogens with zero attached hydrogens (tertiary/aromatic N) is 1. The van der Waals surface area contributed by atoms with Gasteiger partial charge in [-0.15, -0.1) is 0 Å². The Morgan fingerprint density at radius 3 is 2.73 bits per heavy atom. The van der Waals surface area contributed by atoms with Crippen molar-refractivity contribution in [3.63, 3.8) is 0 Å². The van der Waals surface area contributed by atoms with Gasteiger partial charge in [0, 0.05) is 24.8 Å². The van der Waals surface area contributed by atoms with Crippen molar-refractivity contribution in [2.75, 3.05) is 30.0 Å². The molecule has 26 heavy (non-hydrogen) atoms. The number of imide groups is 1. The van der Waals surface area contributed by atoms with Crippen molar-refractivity contribution in [1.82, 2.24) is 4.90 Å². The lowest BCUT2D eigenvalue weighted by molar-refractivity contribution is -0.142. The molecule has 2 atom stereocenters. The summed E-state index contributed by atoms with van der Waals surface area (Å²) in [5.41, 5.74) is 0.0976. The molecule has 1 aromatic carbocycles. The van der Waals surface area contributed by atoms with Crippen LogP contribution in [-0.2, 0) is 14.4 Å². The minimum absolute atomic E-state index is 0.0295. The lowest BCUT2D eigenvalue weighted by Gasteiger charge is -2.22. The number of aliphatic hydroxyl groups is 1. The fraction of sp³-hybridized carbons (Fsp3) is 0.500. The van der Waals surface area contributed by atoms with E-state index < -0.39 is 11.5 Å². The molecule has 2 aliphatic heterocycles. The molecule has 8 heteroatoms. The number of amides is 3. The van der Waals surface area contributed by atoms with E-state index in [9.17, 15) is 19.5 Å². The van der Waals surface area contributed by atoms with Crippen LogP contribution in [0.1, 0.15) is 19.8 Å². The van der Waals surface area contributed by atoms with Gasteiger partial charge in [0.2, 0.25) is 17.7 Å². The van der Waals surface area contributed by atoms with Crippen LogP contribution in [-0.4, -0.2) is 58.5 Å². The van der Waals surface area contributed by atoms with Crippen molar-refractivity contribution in [2.24, 2.45) is 5.41 Å². The first-order chi connectivity index (χ1) is 12.4. The van der Waals surface area contributed by atoms with Gasteiger partial charge < -0.3 is 15.2 Å². The number of ether oxygens (including phenoxy) is 1. The molecule has 140 valence electrons. The largest absolute Gasteiger partial charge is 0.491 e. The van der Waals surface area contributed by atoms with Crippen LogP contribution in [0.2, 0.25) is 0 Å². The van der Waals surface area contributed by atoms with Crippen molar-refractivity contribution < 1.29 is 24.2 Å². The predicted octanol–water partition coefficient (Wildman–Crippen LogP) is 1.27. The number of nitrogens with one attached hydrogen (secondary N) is 1. The second-order valence-electron chi connectivity index (χ2n) is 6.74. The highest BCUT2D eigenvalue weighted by Crippen LogP contribution is 2.44. The summed E-state index contributed by atoms with van der Waals surface area (Å²) >= 11 is 1.70. The number of thioether (sulfide) groups is 1. The maximum absolute atomic E-state index is 12.6. The van der Waals surface area contributed by atoms with Crippen LogP contribution in [0.4, 0.5) is 5.69 Å². The third-order valence-corrected chi connectivity index (χ3v) is 5.85. The molecule has 7 nitrogen and oxygen atoms in total. The fourth-order valence-corrected chi connectivity index (χ4v) is 4.69. The zero-order chi connectivity index (χ0) is 18.7. The number of hydrogen-bond donors (Lipinski definition) is 2. The van der Waals surface area contributed by atoms with Crippen molar-refractivity contribution in [3.8, 4) is 5.75 Å². The van der Waals surface area contributed by atoms with Crippen molar-refractivity contribution in [2.45, 2.75) is 25.9 Å². The standard InChI is InChI=1S/C18H22N2O5S/c1-12(21)19-13-2-4-15(5-3-13)25-10-14(22)9-20-16(23)8-18(17(20)24)6-7-26-11-18/h2-5,14,22H,6-11H2,1H3,(H,19,21)/t14-,18+/m1/s1. The van der Waals surface area contributed by atoms with Crippen LogP contribution in [0.5, 0.6) is 5.75 Å². The van der Waals surface area contributed by atoms with Crippen LogP contribution in [0.25, 0.3) is 0 Å². The van der Waals surface area contributed by atoms with Crippen LogP contribution in [0.3, 0.4) is 0 Å². The summed E-state index contributed by atoms with van der Waals surface area (Å²) in [6, 6.07) is 6.74. The van der Waals surface area contributed by atoms with E-state index in [4.69, 9.17) is 4.74 Å². The van der Waals surface area contributed by atoms with E-state index in [1.807, 2.05) is 0 Å². The Kier molecular flexibility index (Phi) is 5.52. The minimum Gasteiger partial charge on any atom is -0.491 e. The summed E-state index contributed by atoms with van der Waals surface area (Å²) in [6.45, 7) is 1.35. The molecule has 3 amide bonds. The normalized spacial score (nSPS) is 23.5. The van der Waals surface area contributed by atoms with E-state index in [0.717, 1.165) is 12.2 Å². The fourth-order valence-electron chi connectivity index (χ4n) is 3.25. The Labute approximate surface area is 156 Å². The Balaban J connectivity index is 1.51. The number of carbonyl (C=O) groups excluding carboxylic acids is 3. The first-order valence-corrected chi connectivity index (χ1v) is 9.66. The van der Waals surface area contributed by atoms with Gasteiger partial charge in [-0.25, -0.2) is 0 Å². The van der Waals surface area contributed by atoms with Gasteiger partial charge in [0.1, 0.15) is 18.5 Å². The highest BCUT2D eigenvalue weighted by molar-refractivity contribution is 7.99. The number of rotatable bonds is 6. The third-order valence-electron chi connectivity index (χ3n) is 4.60. The number of carbonyl (C=O) groups is 3. The van der Waals surface area contributed by atoms with Crippen LogP contribution in [0, 0.1) is 5.41 Å². The molecule has 2 saturated heterocycles. The second-order valence-corrected chi connectivity index (χ2v) is 7.84. The van der Waals surface area contributed by atoms with Crippen LogP contribution in [0.15, 0.2) is 24.3 Å². The molecule has 0 bridgehead atoms. The summed E-state index contributed by atoms with van der Waals surface area (Å²) in [4.78, 5) is 36.9. The maximum Gasteiger partial charge on any atom is 0.236 e. The number of β-amino-alcohol motifs (C(OH)–C–C–N with tert-alkyl or cyclic N) is 1. The van der Waals surface area contributed by atoms with Gasteiger partial charge in [-0.1, -0.05) is 0 Å². The first kappa shape index (κ1) is 18.7. The molecule has 3 rings (SSSR count). The zero-order valence-electron chi connectivity index (χ0n) is 14.6. The van der Waals surface area contributed by atoms with E-state index in [0.29, 0.717) is 17.2 Å². The molecule has 0 radical (unpaired) electrons. The minimum atomic E-state index is -0.956. The molecule has 0 aromatic heterocycles. The topological polar surface area (TPSA) is 95.9 Å². The number of likely N-dealkylation sites (tertiary alicyclic amines) is 1. The maximum atomic E-state index is 12.6. The van der Waals surface area contributed by atoms with Gasteiger partial charge >= 0.3 is 0 Å². The van der Waals surface area contributed by atoms with Crippen LogP contribution < -0.4 is 10.1 Å². The van der Waals surface area contributed by atoms with Crippen molar-refractivity contribution in [3.05, 3.63) is 24.3 Å². The Morgan fingerprint density at radius 1 is 1.38 bits per heavy atom. The molecule has 2 N–H and O–H groups in total. The number of hydrogen-bond acceptors (Lipinski definition) is 6. The van der Waals surface area contributed by atoms with E-state index in [-0.39, 0.29) is 37.3 Å². The Hall–Kier alpha value is -2.06. The zero-order valence-corrected chi connectivity index (χ0v) is 15.4. The van der Waals surface area contributed by atoms with Gasteiger partial charge in [0.25, 0.3) is 0 Å². The Bertz CT molecular complexity index is 700. The lowest BCUT2D eigenvalue weighted by Crippen LogP contribution is -2.41. The molecule has 0 aliphatic carbocycles. The second kappa shape index (κ2) is 7.67. The van der Waals surface area contributed by atoms with Gasteiger partial charge in [0.05, 0.1) is 12.0 Å². The smallest absolute Gasteiger partial charge is 0.236 e. The molecule has 1 aromatic rings. The monoisotopic (exact) mass is 378 g/mol. The molecule has 0 unspecified atom stereocenters. The van der Waals surface area contributed by atoms with E-state index >= 15 is 0 Å². The quantitative estimate of drug-likeness (QED) is 0.724. The molecule has 2 fully saturated rings. The van der Waals surface area contributed by atoms with Crippen LogP contribution >= 0.6 is 11.8 Å². The molecule has 2 heterocycles. The molecule has 2 aliphatic rings.